The standard InChI is InChI=1S/C15H25N5O.2ClH/c1-11(16)10-15(21)20-8-6-13(7-9-20)19(3)14-5-4-12(2)17-18-14;;/h4-5,11,13H,6-10,16H2,1-3H3;2*1H. The number of anilines is 1. The monoisotopic (exact) mass is 363 g/mol. The molecular weight excluding hydrogens is 337 g/mol. The third-order valence-electron chi connectivity index (χ3n) is 4.01. The van der Waals surface area contributed by atoms with Crippen molar-refractivity contribution in [1.29, 1.82) is 0 Å². The van der Waals surface area contributed by atoms with Crippen LogP contribution in [0.1, 0.15) is 31.9 Å². The summed E-state index contributed by atoms with van der Waals surface area (Å²) in [5.74, 6) is 1.06. The first-order valence-corrected chi connectivity index (χ1v) is 7.54. The molecule has 0 saturated carbocycles. The van der Waals surface area contributed by atoms with Gasteiger partial charge < -0.3 is 15.5 Å². The van der Waals surface area contributed by atoms with Crippen LogP contribution in [0.25, 0.3) is 0 Å². The van der Waals surface area contributed by atoms with Crippen molar-refractivity contribution in [3.8, 4) is 0 Å². The van der Waals surface area contributed by atoms with E-state index in [-0.39, 0.29) is 36.8 Å². The second-order valence-electron chi connectivity index (χ2n) is 5.94. The van der Waals surface area contributed by atoms with Crippen LogP contribution in [0.2, 0.25) is 0 Å². The summed E-state index contributed by atoms with van der Waals surface area (Å²) in [5, 5.41) is 8.33. The SMILES string of the molecule is Cc1ccc(N(C)C2CCN(C(=O)CC(C)N)CC2)nn1.Cl.Cl. The first kappa shape index (κ1) is 21.9. The summed E-state index contributed by atoms with van der Waals surface area (Å²) in [6.45, 7) is 5.38. The number of hydrogen-bond donors (Lipinski definition) is 1. The normalized spacial score (nSPS) is 16.1. The van der Waals surface area contributed by atoms with Crippen LogP contribution < -0.4 is 10.6 Å². The number of aryl methyl sites for hydroxylation is 1. The Bertz CT molecular complexity index is 475. The topological polar surface area (TPSA) is 75.3 Å². The molecule has 8 heteroatoms. The van der Waals surface area contributed by atoms with Crippen LogP contribution in [-0.2, 0) is 4.79 Å². The molecule has 1 aromatic heterocycles. The predicted molar refractivity (Wildman–Crippen MR) is 97.5 cm³/mol. The Balaban J connectivity index is 0.00000242. The first-order valence-electron chi connectivity index (χ1n) is 7.54. The highest BCUT2D eigenvalue weighted by molar-refractivity contribution is 5.85. The number of nitrogens with two attached hydrogens (primary N) is 1. The summed E-state index contributed by atoms with van der Waals surface area (Å²) in [6.07, 6.45) is 2.34. The quantitative estimate of drug-likeness (QED) is 0.882. The maximum absolute atomic E-state index is 12.0. The second kappa shape index (κ2) is 9.90. The molecule has 132 valence electrons. The van der Waals surface area contributed by atoms with E-state index >= 15 is 0 Å². The molecule has 6 nitrogen and oxygen atoms in total. The number of nitrogens with zero attached hydrogens (tertiary/aromatic N) is 4. The van der Waals surface area contributed by atoms with E-state index in [0.717, 1.165) is 37.4 Å². The Morgan fingerprint density at radius 3 is 2.43 bits per heavy atom. The van der Waals surface area contributed by atoms with Crippen molar-refractivity contribution >= 4 is 36.5 Å². The molecule has 1 atom stereocenters. The first-order chi connectivity index (χ1) is 9.97. The van der Waals surface area contributed by atoms with E-state index < -0.39 is 0 Å². The van der Waals surface area contributed by atoms with Crippen LogP contribution in [-0.4, -0.2) is 53.2 Å². The van der Waals surface area contributed by atoms with Crippen LogP contribution >= 0.6 is 24.8 Å². The van der Waals surface area contributed by atoms with E-state index in [4.69, 9.17) is 5.73 Å². The number of rotatable bonds is 4. The summed E-state index contributed by atoms with van der Waals surface area (Å²) in [7, 11) is 2.05. The lowest BCUT2D eigenvalue weighted by molar-refractivity contribution is -0.132. The minimum Gasteiger partial charge on any atom is -0.355 e. The molecule has 0 aliphatic carbocycles. The van der Waals surface area contributed by atoms with Crippen LogP contribution in [0.5, 0.6) is 0 Å². The number of aromatic nitrogens is 2. The molecule has 2 rings (SSSR count). The number of amides is 1. The number of likely N-dealkylation sites (tertiary alicyclic amines) is 1. The average molecular weight is 364 g/mol. The average Bonchev–Trinajstić information content (AvgIpc) is 2.47. The smallest absolute Gasteiger partial charge is 0.224 e. The lowest BCUT2D eigenvalue weighted by atomic mass is 10.0. The highest BCUT2D eigenvalue weighted by Crippen LogP contribution is 2.20. The summed E-state index contributed by atoms with van der Waals surface area (Å²) < 4.78 is 0. The van der Waals surface area contributed by atoms with Gasteiger partial charge in [-0.3, -0.25) is 4.79 Å². The van der Waals surface area contributed by atoms with Gasteiger partial charge in [0, 0.05) is 38.6 Å². The van der Waals surface area contributed by atoms with Gasteiger partial charge in [0.1, 0.15) is 0 Å². The molecule has 0 spiro atoms. The highest BCUT2D eigenvalue weighted by Gasteiger charge is 2.26. The van der Waals surface area contributed by atoms with Crippen LogP contribution in [0.4, 0.5) is 5.82 Å². The Labute approximate surface area is 150 Å². The third kappa shape index (κ3) is 6.12. The maximum atomic E-state index is 12.0. The van der Waals surface area contributed by atoms with Gasteiger partial charge in [-0.15, -0.1) is 29.9 Å². The molecule has 1 aromatic rings. The van der Waals surface area contributed by atoms with Crippen molar-refractivity contribution in [3.63, 3.8) is 0 Å². The predicted octanol–water partition coefficient (Wildman–Crippen LogP) is 1.79. The van der Waals surface area contributed by atoms with E-state index in [0.29, 0.717) is 12.5 Å². The van der Waals surface area contributed by atoms with Crippen molar-refractivity contribution in [3.05, 3.63) is 17.8 Å². The fourth-order valence-corrected chi connectivity index (χ4v) is 2.67. The lowest BCUT2D eigenvalue weighted by Crippen LogP contribution is -2.46. The van der Waals surface area contributed by atoms with Gasteiger partial charge in [-0.1, -0.05) is 0 Å². The zero-order chi connectivity index (χ0) is 15.4. The molecule has 1 fully saturated rings. The summed E-state index contributed by atoms with van der Waals surface area (Å²) in [4.78, 5) is 16.1. The number of hydrogen-bond acceptors (Lipinski definition) is 5. The summed E-state index contributed by atoms with van der Waals surface area (Å²) in [5.41, 5.74) is 6.61. The molecule has 0 aromatic carbocycles. The molecule has 1 saturated heterocycles. The van der Waals surface area contributed by atoms with E-state index in [1.807, 2.05) is 37.9 Å². The highest BCUT2D eigenvalue weighted by atomic mass is 35.5. The molecule has 23 heavy (non-hydrogen) atoms. The zero-order valence-corrected chi connectivity index (χ0v) is 15.6. The minimum atomic E-state index is -0.0688. The summed E-state index contributed by atoms with van der Waals surface area (Å²) >= 11 is 0. The van der Waals surface area contributed by atoms with Crippen molar-refractivity contribution in [1.82, 2.24) is 15.1 Å². The van der Waals surface area contributed by atoms with Crippen LogP contribution in [0.3, 0.4) is 0 Å². The van der Waals surface area contributed by atoms with E-state index in [1.54, 1.807) is 0 Å². The lowest BCUT2D eigenvalue weighted by Gasteiger charge is -2.37. The maximum Gasteiger partial charge on any atom is 0.224 e. The third-order valence-corrected chi connectivity index (χ3v) is 4.01. The molecule has 1 unspecified atom stereocenters. The van der Waals surface area contributed by atoms with Gasteiger partial charge in [-0.05, 0) is 38.8 Å². The zero-order valence-electron chi connectivity index (χ0n) is 13.9. The number of carbonyl (C=O) groups is 1. The largest absolute Gasteiger partial charge is 0.355 e. The van der Waals surface area contributed by atoms with Crippen molar-refractivity contribution < 1.29 is 4.79 Å². The molecule has 1 amide bonds. The van der Waals surface area contributed by atoms with Gasteiger partial charge in [0.15, 0.2) is 5.82 Å². The summed E-state index contributed by atoms with van der Waals surface area (Å²) in [6, 6.07) is 4.30. The molecule has 1 aliphatic heterocycles. The molecule has 2 N–H and O–H groups in total. The molecular formula is C15H27Cl2N5O. The molecule has 0 bridgehead atoms. The fraction of sp³-hybridized carbons (Fsp3) is 0.667. The Kier molecular flexibility index (Phi) is 9.42. The Morgan fingerprint density at radius 2 is 1.96 bits per heavy atom. The number of halogens is 2. The molecule has 1 aliphatic rings. The minimum absolute atomic E-state index is 0. The van der Waals surface area contributed by atoms with Crippen molar-refractivity contribution in [2.45, 2.75) is 45.2 Å². The Morgan fingerprint density at radius 1 is 1.35 bits per heavy atom. The van der Waals surface area contributed by atoms with Gasteiger partial charge in [-0.25, -0.2) is 0 Å². The van der Waals surface area contributed by atoms with Gasteiger partial charge in [0.2, 0.25) is 5.91 Å². The fourth-order valence-electron chi connectivity index (χ4n) is 2.67. The van der Waals surface area contributed by atoms with Gasteiger partial charge in [0.05, 0.1) is 5.69 Å². The van der Waals surface area contributed by atoms with E-state index in [2.05, 4.69) is 15.1 Å². The Hall–Kier alpha value is -1.11. The van der Waals surface area contributed by atoms with Crippen LogP contribution in [0, 0.1) is 6.92 Å². The number of carbonyl (C=O) groups excluding carboxylic acids is 1. The van der Waals surface area contributed by atoms with Crippen LogP contribution in [0.15, 0.2) is 12.1 Å². The van der Waals surface area contributed by atoms with E-state index in [9.17, 15) is 4.79 Å². The van der Waals surface area contributed by atoms with Crippen molar-refractivity contribution in [2.75, 3.05) is 25.0 Å². The number of piperidine rings is 1. The van der Waals surface area contributed by atoms with Gasteiger partial charge in [0.25, 0.3) is 0 Å². The molecule has 0 radical (unpaired) electrons. The second-order valence-corrected chi connectivity index (χ2v) is 5.94. The van der Waals surface area contributed by atoms with Crippen molar-refractivity contribution in [2.24, 2.45) is 5.73 Å². The molecule has 2 heterocycles. The van der Waals surface area contributed by atoms with E-state index in [1.165, 1.54) is 0 Å². The van der Waals surface area contributed by atoms with Gasteiger partial charge >= 0.3 is 0 Å². The van der Waals surface area contributed by atoms with Gasteiger partial charge in [-0.2, -0.15) is 5.10 Å².